The summed E-state index contributed by atoms with van der Waals surface area (Å²) in [6, 6.07) is 23.9. The number of hydrogen-bond acceptors (Lipinski definition) is 3. The van der Waals surface area contributed by atoms with Crippen molar-refractivity contribution in [1.29, 1.82) is 0 Å². The molecule has 4 nitrogen and oxygen atoms in total. The Bertz CT molecular complexity index is 1100. The molecule has 0 radical (unpaired) electrons. The minimum atomic E-state index is -0.466. The Labute approximate surface area is 195 Å². The average molecular weight is 497 g/mol. The number of piperidine rings is 1. The van der Waals surface area contributed by atoms with Gasteiger partial charge >= 0.3 is 0 Å². The van der Waals surface area contributed by atoms with Crippen LogP contribution < -0.4 is 10.2 Å². The molecular weight excluding hydrogens is 474 g/mol. The molecular formula is C25H23BrClN3O. The molecule has 2 aliphatic heterocycles. The van der Waals surface area contributed by atoms with Gasteiger partial charge in [-0.2, -0.15) is 0 Å². The van der Waals surface area contributed by atoms with Gasteiger partial charge in [0, 0.05) is 53.3 Å². The number of anilines is 2. The van der Waals surface area contributed by atoms with Crippen molar-refractivity contribution in [2.45, 2.75) is 25.0 Å². The lowest BCUT2D eigenvalue weighted by molar-refractivity contribution is 0.0904. The number of rotatable bonds is 3. The molecule has 0 saturated carbocycles. The molecule has 1 spiro atoms. The van der Waals surface area contributed by atoms with E-state index in [0.29, 0.717) is 10.6 Å². The van der Waals surface area contributed by atoms with Crippen LogP contribution in [-0.2, 0) is 6.54 Å². The van der Waals surface area contributed by atoms with Gasteiger partial charge in [0.05, 0.1) is 5.56 Å². The number of carbonyl (C=O) groups is 1. The standard InChI is InChI=1S/C25H23BrClN3O/c26-19-6-11-22-23(16-19)28-25(30(24(22)31)21-9-7-20(27)8-10-21)12-14-29(15-13-25)17-18-4-2-1-3-5-18/h1-11,16,28H,12-15,17H2. The Balaban J connectivity index is 1.47. The zero-order valence-electron chi connectivity index (χ0n) is 17.0. The molecule has 5 rings (SSSR count). The fourth-order valence-corrected chi connectivity index (χ4v) is 5.14. The average Bonchev–Trinajstić information content (AvgIpc) is 2.77. The summed E-state index contributed by atoms with van der Waals surface area (Å²) in [5.74, 6) is 0.0279. The van der Waals surface area contributed by atoms with Crippen LogP contribution in [0.3, 0.4) is 0 Å². The molecule has 2 aliphatic rings. The second-order valence-electron chi connectivity index (χ2n) is 8.23. The van der Waals surface area contributed by atoms with Crippen molar-refractivity contribution in [3.8, 4) is 0 Å². The van der Waals surface area contributed by atoms with Crippen LogP contribution in [0.5, 0.6) is 0 Å². The van der Waals surface area contributed by atoms with E-state index < -0.39 is 5.66 Å². The van der Waals surface area contributed by atoms with Gasteiger partial charge in [0.25, 0.3) is 5.91 Å². The van der Waals surface area contributed by atoms with Gasteiger partial charge in [-0.05, 0) is 48.0 Å². The van der Waals surface area contributed by atoms with Crippen molar-refractivity contribution in [3.05, 3.63) is 93.4 Å². The first kappa shape index (κ1) is 20.6. The van der Waals surface area contributed by atoms with Gasteiger partial charge in [0.15, 0.2) is 0 Å². The molecule has 0 bridgehead atoms. The number of carbonyl (C=O) groups excluding carboxylic acids is 1. The highest BCUT2D eigenvalue weighted by molar-refractivity contribution is 9.10. The van der Waals surface area contributed by atoms with Crippen molar-refractivity contribution >= 4 is 44.8 Å². The monoisotopic (exact) mass is 495 g/mol. The van der Waals surface area contributed by atoms with Crippen LogP contribution in [0, 0.1) is 0 Å². The molecule has 1 saturated heterocycles. The van der Waals surface area contributed by atoms with E-state index in [0.717, 1.165) is 48.3 Å². The molecule has 3 aromatic rings. The zero-order chi connectivity index (χ0) is 21.4. The predicted octanol–water partition coefficient (Wildman–Crippen LogP) is 6.17. The molecule has 31 heavy (non-hydrogen) atoms. The van der Waals surface area contributed by atoms with Gasteiger partial charge in [-0.15, -0.1) is 0 Å². The van der Waals surface area contributed by atoms with Gasteiger partial charge in [0.2, 0.25) is 0 Å². The number of nitrogens with one attached hydrogen (secondary N) is 1. The SMILES string of the molecule is O=C1c2ccc(Br)cc2NC2(CCN(Cc3ccccc3)CC2)N1c1ccc(Cl)cc1. The smallest absolute Gasteiger partial charge is 0.262 e. The summed E-state index contributed by atoms with van der Waals surface area (Å²) in [6.07, 6.45) is 1.67. The maximum Gasteiger partial charge on any atom is 0.262 e. The number of hydrogen-bond donors (Lipinski definition) is 1. The number of nitrogens with zero attached hydrogens (tertiary/aromatic N) is 2. The Morgan fingerprint density at radius 3 is 2.39 bits per heavy atom. The van der Waals surface area contributed by atoms with Crippen molar-refractivity contribution in [1.82, 2.24) is 4.90 Å². The van der Waals surface area contributed by atoms with E-state index in [1.165, 1.54) is 5.56 Å². The third-order valence-corrected chi connectivity index (χ3v) is 6.97. The number of benzene rings is 3. The van der Waals surface area contributed by atoms with Crippen LogP contribution in [0.2, 0.25) is 5.02 Å². The number of amides is 1. The summed E-state index contributed by atoms with van der Waals surface area (Å²) in [6.45, 7) is 2.74. The molecule has 0 unspecified atom stereocenters. The predicted molar refractivity (Wildman–Crippen MR) is 130 cm³/mol. The van der Waals surface area contributed by atoms with Crippen LogP contribution >= 0.6 is 27.5 Å². The first-order valence-electron chi connectivity index (χ1n) is 10.5. The van der Waals surface area contributed by atoms with Crippen LogP contribution in [0.25, 0.3) is 0 Å². The summed E-state index contributed by atoms with van der Waals surface area (Å²) in [5, 5.41) is 4.41. The summed E-state index contributed by atoms with van der Waals surface area (Å²) >= 11 is 9.68. The fraction of sp³-hybridized carbons (Fsp3) is 0.240. The van der Waals surface area contributed by atoms with E-state index in [9.17, 15) is 4.79 Å². The lowest BCUT2D eigenvalue weighted by Gasteiger charge is -2.52. The quantitative estimate of drug-likeness (QED) is 0.471. The van der Waals surface area contributed by atoms with E-state index in [4.69, 9.17) is 11.6 Å². The topological polar surface area (TPSA) is 35.6 Å². The number of halogens is 2. The van der Waals surface area contributed by atoms with Crippen LogP contribution in [0.15, 0.2) is 77.3 Å². The summed E-state index contributed by atoms with van der Waals surface area (Å²) in [5.41, 5.74) is 3.30. The van der Waals surface area contributed by atoms with E-state index in [-0.39, 0.29) is 5.91 Å². The molecule has 1 N–H and O–H groups in total. The second kappa shape index (κ2) is 8.30. The molecule has 6 heteroatoms. The highest BCUT2D eigenvalue weighted by Crippen LogP contribution is 2.41. The van der Waals surface area contributed by atoms with Crippen molar-refractivity contribution in [3.63, 3.8) is 0 Å². The largest absolute Gasteiger partial charge is 0.362 e. The van der Waals surface area contributed by atoms with Crippen molar-refractivity contribution in [2.24, 2.45) is 0 Å². The third-order valence-electron chi connectivity index (χ3n) is 6.23. The van der Waals surface area contributed by atoms with Gasteiger partial charge in [-0.1, -0.05) is 57.9 Å². The maximum atomic E-state index is 13.7. The van der Waals surface area contributed by atoms with Gasteiger partial charge < -0.3 is 5.32 Å². The van der Waals surface area contributed by atoms with E-state index in [1.54, 1.807) is 0 Å². The lowest BCUT2D eigenvalue weighted by atomic mass is 9.89. The minimum absolute atomic E-state index is 0.0279. The Kier molecular flexibility index (Phi) is 5.51. The minimum Gasteiger partial charge on any atom is -0.362 e. The molecule has 158 valence electrons. The van der Waals surface area contributed by atoms with E-state index in [1.807, 2.05) is 53.4 Å². The van der Waals surface area contributed by atoms with Gasteiger partial charge in [-0.3, -0.25) is 14.6 Å². The summed E-state index contributed by atoms with van der Waals surface area (Å²) in [7, 11) is 0. The molecule has 3 aromatic carbocycles. The Hall–Kier alpha value is -2.34. The van der Waals surface area contributed by atoms with Crippen LogP contribution in [0.1, 0.15) is 28.8 Å². The van der Waals surface area contributed by atoms with Gasteiger partial charge in [-0.25, -0.2) is 0 Å². The molecule has 2 heterocycles. The van der Waals surface area contributed by atoms with Crippen LogP contribution in [-0.4, -0.2) is 29.6 Å². The van der Waals surface area contributed by atoms with E-state index in [2.05, 4.69) is 50.4 Å². The molecule has 1 fully saturated rings. The third kappa shape index (κ3) is 3.98. The van der Waals surface area contributed by atoms with Gasteiger partial charge in [0.1, 0.15) is 5.66 Å². The fourth-order valence-electron chi connectivity index (χ4n) is 4.65. The lowest BCUT2D eigenvalue weighted by Crippen LogP contribution is -2.64. The number of likely N-dealkylation sites (tertiary alicyclic amines) is 1. The summed E-state index contributed by atoms with van der Waals surface area (Å²) in [4.78, 5) is 18.1. The van der Waals surface area contributed by atoms with Crippen molar-refractivity contribution in [2.75, 3.05) is 23.3 Å². The molecule has 0 atom stereocenters. The summed E-state index contributed by atoms with van der Waals surface area (Å²) < 4.78 is 0.961. The van der Waals surface area contributed by atoms with Crippen molar-refractivity contribution < 1.29 is 4.79 Å². The highest BCUT2D eigenvalue weighted by atomic mass is 79.9. The normalized spacial score (nSPS) is 18.0. The Morgan fingerprint density at radius 1 is 0.968 bits per heavy atom. The first-order chi connectivity index (χ1) is 15.0. The maximum absolute atomic E-state index is 13.7. The second-order valence-corrected chi connectivity index (χ2v) is 9.58. The molecule has 0 aromatic heterocycles. The zero-order valence-corrected chi connectivity index (χ0v) is 19.4. The first-order valence-corrected chi connectivity index (χ1v) is 11.7. The number of fused-ring (bicyclic) bond motifs is 1. The molecule has 1 amide bonds. The molecule has 0 aliphatic carbocycles. The highest BCUT2D eigenvalue weighted by Gasteiger charge is 2.47. The Morgan fingerprint density at radius 2 is 1.68 bits per heavy atom. The van der Waals surface area contributed by atoms with Crippen LogP contribution in [0.4, 0.5) is 11.4 Å². The van der Waals surface area contributed by atoms with E-state index >= 15 is 0 Å².